The second-order valence-electron chi connectivity index (χ2n) is 6.32. The molecule has 2 N–H and O–H groups in total. The molecule has 1 aromatic heterocycles. The van der Waals surface area contributed by atoms with Crippen LogP contribution in [0.1, 0.15) is 0 Å². The number of ether oxygens (including phenoxy) is 1. The zero-order valence-electron chi connectivity index (χ0n) is 14.2. The van der Waals surface area contributed by atoms with Crippen LogP contribution < -0.4 is 15.4 Å². The van der Waals surface area contributed by atoms with Crippen LogP contribution in [0.3, 0.4) is 0 Å². The summed E-state index contributed by atoms with van der Waals surface area (Å²) in [5, 5.41) is 2.29. The minimum absolute atomic E-state index is 0.402. The lowest BCUT2D eigenvalue weighted by molar-refractivity contribution is 0.312. The summed E-state index contributed by atoms with van der Waals surface area (Å²) in [4.78, 5) is 13.1. The molecule has 0 aliphatic carbocycles. The van der Waals surface area contributed by atoms with Crippen molar-refractivity contribution in [3.05, 3.63) is 48.8 Å². The molecule has 0 unspecified atom stereocenters. The van der Waals surface area contributed by atoms with E-state index in [1.165, 1.54) is 11.7 Å². The molecule has 0 amide bonds. The molecule has 0 radical (unpaired) electrons. The van der Waals surface area contributed by atoms with Crippen LogP contribution in [0.15, 0.2) is 48.8 Å². The Hall–Kier alpha value is -2.86. The van der Waals surface area contributed by atoms with Gasteiger partial charge in [-0.05, 0) is 30.0 Å². The molecule has 1 aliphatic rings. The van der Waals surface area contributed by atoms with Crippen molar-refractivity contribution in [1.29, 1.82) is 0 Å². The predicted molar refractivity (Wildman–Crippen MR) is 100 cm³/mol. The SMILES string of the molecule is CN1CCN(c2ncnc(Oc3ccc4ccccc4c3)c2N)CC1. The van der Waals surface area contributed by atoms with Crippen LogP contribution in [0, 0.1) is 0 Å². The van der Waals surface area contributed by atoms with Crippen LogP contribution in [0.25, 0.3) is 10.8 Å². The maximum absolute atomic E-state index is 6.30. The number of rotatable bonds is 3. The third-order valence-corrected chi connectivity index (χ3v) is 4.56. The fourth-order valence-corrected chi connectivity index (χ4v) is 3.06. The molecule has 6 heteroatoms. The molecular weight excluding hydrogens is 314 g/mol. The summed E-state index contributed by atoms with van der Waals surface area (Å²) < 4.78 is 5.96. The Labute approximate surface area is 146 Å². The number of nitrogens with zero attached hydrogens (tertiary/aromatic N) is 4. The lowest BCUT2D eigenvalue weighted by atomic mass is 10.1. The number of anilines is 2. The first-order valence-electron chi connectivity index (χ1n) is 8.41. The van der Waals surface area contributed by atoms with Crippen LogP contribution in [0.2, 0.25) is 0 Å². The van der Waals surface area contributed by atoms with Gasteiger partial charge in [0.25, 0.3) is 0 Å². The fourth-order valence-electron chi connectivity index (χ4n) is 3.06. The number of piperazine rings is 1. The highest BCUT2D eigenvalue weighted by atomic mass is 16.5. The summed E-state index contributed by atoms with van der Waals surface area (Å²) in [6, 6.07) is 14.1. The highest BCUT2D eigenvalue weighted by molar-refractivity contribution is 5.83. The number of hydrogen-bond donors (Lipinski definition) is 1. The number of nitrogens with two attached hydrogens (primary N) is 1. The van der Waals surface area contributed by atoms with Gasteiger partial charge in [-0.15, -0.1) is 0 Å². The largest absolute Gasteiger partial charge is 0.437 e. The highest BCUT2D eigenvalue weighted by Gasteiger charge is 2.20. The minimum atomic E-state index is 0.402. The second kappa shape index (κ2) is 6.57. The van der Waals surface area contributed by atoms with Gasteiger partial charge in [0.05, 0.1) is 0 Å². The van der Waals surface area contributed by atoms with E-state index < -0.39 is 0 Å². The first-order chi connectivity index (χ1) is 12.2. The van der Waals surface area contributed by atoms with Gasteiger partial charge in [0.15, 0.2) is 5.82 Å². The molecule has 1 fully saturated rings. The van der Waals surface area contributed by atoms with Crippen molar-refractivity contribution in [2.45, 2.75) is 0 Å². The lowest BCUT2D eigenvalue weighted by Gasteiger charge is -2.33. The van der Waals surface area contributed by atoms with Gasteiger partial charge in [-0.2, -0.15) is 4.98 Å². The number of fused-ring (bicyclic) bond motifs is 1. The number of likely N-dealkylation sites (N-methyl/N-ethyl adjacent to an activating group) is 1. The Bertz CT molecular complexity index is 890. The van der Waals surface area contributed by atoms with Crippen molar-refractivity contribution in [2.75, 3.05) is 43.9 Å². The van der Waals surface area contributed by atoms with E-state index in [4.69, 9.17) is 10.5 Å². The maximum Gasteiger partial charge on any atom is 0.248 e. The molecule has 25 heavy (non-hydrogen) atoms. The summed E-state index contributed by atoms with van der Waals surface area (Å²) in [5.74, 6) is 1.87. The molecule has 6 nitrogen and oxygen atoms in total. The van der Waals surface area contributed by atoms with Crippen LogP contribution in [0.5, 0.6) is 11.6 Å². The van der Waals surface area contributed by atoms with Crippen LogP contribution in [-0.4, -0.2) is 48.1 Å². The van der Waals surface area contributed by atoms with Gasteiger partial charge in [0, 0.05) is 26.2 Å². The summed E-state index contributed by atoms with van der Waals surface area (Å²) in [6.45, 7) is 3.77. The first kappa shape index (κ1) is 15.7. The topological polar surface area (TPSA) is 67.5 Å². The van der Waals surface area contributed by atoms with Crippen LogP contribution >= 0.6 is 0 Å². The van der Waals surface area contributed by atoms with Crippen LogP contribution in [-0.2, 0) is 0 Å². The Kier molecular flexibility index (Phi) is 4.11. The summed E-state index contributed by atoms with van der Waals surface area (Å²) >= 11 is 0. The van der Waals surface area contributed by atoms with E-state index in [0.29, 0.717) is 17.3 Å². The normalized spacial score (nSPS) is 15.5. The zero-order chi connectivity index (χ0) is 17.2. The van der Waals surface area contributed by atoms with Crippen molar-refractivity contribution in [2.24, 2.45) is 0 Å². The second-order valence-corrected chi connectivity index (χ2v) is 6.32. The monoisotopic (exact) mass is 335 g/mol. The van der Waals surface area contributed by atoms with Crippen molar-refractivity contribution < 1.29 is 4.74 Å². The molecular formula is C19H21N5O. The number of nitrogen functional groups attached to an aromatic ring is 1. The van der Waals surface area contributed by atoms with E-state index in [9.17, 15) is 0 Å². The van der Waals surface area contributed by atoms with Crippen molar-refractivity contribution in [3.63, 3.8) is 0 Å². The number of hydrogen-bond acceptors (Lipinski definition) is 6. The van der Waals surface area contributed by atoms with Crippen molar-refractivity contribution in [1.82, 2.24) is 14.9 Å². The Morgan fingerprint density at radius 2 is 1.72 bits per heavy atom. The van der Waals surface area contributed by atoms with Gasteiger partial charge >= 0.3 is 0 Å². The Morgan fingerprint density at radius 3 is 2.52 bits per heavy atom. The summed E-state index contributed by atoms with van der Waals surface area (Å²) in [7, 11) is 2.12. The van der Waals surface area contributed by atoms with E-state index in [0.717, 1.165) is 37.4 Å². The Morgan fingerprint density at radius 1 is 0.960 bits per heavy atom. The fraction of sp³-hybridized carbons (Fsp3) is 0.263. The smallest absolute Gasteiger partial charge is 0.248 e. The van der Waals surface area contributed by atoms with E-state index in [1.54, 1.807) is 0 Å². The summed E-state index contributed by atoms with van der Waals surface area (Å²) in [5.41, 5.74) is 6.79. The maximum atomic E-state index is 6.30. The molecule has 0 atom stereocenters. The molecule has 0 spiro atoms. The van der Waals surface area contributed by atoms with E-state index in [2.05, 4.69) is 38.9 Å². The van der Waals surface area contributed by atoms with Gasteiger partial charge in [0.2, 0.25) is 5.88 Å². The number of benzene rings is 2. The van der Waals surface area contributed by atoms with Gasteiger partial charge in [-0.1, -0.05) is 30.3 Å². The first-order valence-corrected chi connectivity index (χ1v) is 8.41. The van der Waals surface area contributed by atoms with Gasteiger partial charge in [-0.3, -0.25) is 0 Å². The quantitative estimate of drug-likeness (QED) is 0.794. The van der Waals surface area contributed by atoms with Crippen molar-refractivity contribution >= 4 is 22.3 Å². The Balaban J connectivity index is 1.60. The lowest BCUT2D eigenvalue weighted by Crippen LogP contribution is -2.45. The molecule has 2 heterocycles. The number of aromatic nitrogens is 2. The molecule has 1 saturated heterocycles. The zero-order valence-corrected chi connectivity index (χ0v) is 14.2. The predicted octanol–water partition coefficient (Wildman–Crippen LogP) is 2.76. The minimum Gasteiger partial charge on any atom is -0.437 e. The van der Waals surface area contributed by atoms with E-state index >= 15 is 0 Å². The molecule has 1 aliphatic heterocycles. The standard InChI is InChI=1S/C19H21N5O/c1-23-8-10-24(11-9-23)18-17(20)19(22-13-21-18)25-16-7-6-14-4-2-3-5-15(14)12-16/h2-7,12-13H,8-11,20H2,1H3. The summed E-state index contributed by atoms with van der Waals surface area (Å²) in [6.07, 6.45) is 1.51. The van der Waals surface area contributed by atoms with Crippen LogP contribution in [0.4, 0.5) is 11.5 Å². The highest BCUT2D eigenvalue weighted by Crippen LogP contribution is 2.32. The molecule has 4 rings (SSSR count). The average Bonchev–Trinajstić information content (AvgIpc) is 2.64. The van der Waals surface area contributed by atoms with Gasteiger partial charge in [0.1, 0.15) is 17.8 Å². The van der Waals surface area contributed by atoms with Crippen molar-refractivity contribution in [3.8, 4) is 11.6 Å². The molecule has 3 aromatic rings. The molecule has 128 valence electrons. The average molecular weight is 335 g/mol. The van der Waals surface area contributed by atoms with Gasteiger partial charge in [-0.25, -0.2) is 4.98 Å². The third-order valence-electron chi connectivity index (χ3n) is 4.56. The molecule has 0 saturated carbocycles. The molecule has 0 bridgehead atoms. The van der Waals surface area contributed by atoms with E-state index in [-0.39, 0.29) is 0 Å². The third kappa shape index (κ3) is 3.21. The van der Waals surface area contributed by atoms with E-state index in [1.807, 2.05) is 30.3 Å². The molecule has 2 aromatic carbocycles. The van der Waals surface area contributed by atoms with Gasteiger partial charge < -0.3 is 20.3 Å².